The zero-order valence-electron chi connectivity index (χ0n) is 16.1. The summed E-state index contributed by atoms with van der Waals surface area (Å²) in [4.78, 5) is 26.9. The highest BCUT2D eigenvalue weighted by Crippen LogP contribution is 2.36. The van der Waals surface area contributed by atoms with Gasteiger partial charge < -0.3 is 14.2 Å². The number of hydrogen-bond acceptors (Lipinski definition) is 7. The van der Waals surface area contributed by atoms with E-state index in [1.807, 2.05) is 19.9 Å². The number of benzene rings is 2. The van der Waals surface area contributed by atoms with Crippen molar-refractivity contribution in [1.82, 2.24) is 0 Å². The molecule has 0 aromatic heterocycles. The van der Waals surface area contributed by atoms with E-state index in [1.165, 1.54) is 25.3 Å². The summed E-state index contributed by atoms with van der Waals surface area (Å²) in [6, 6.07) is 7.60. The third-order valence-electron chi connectivity index (χ3n) is 3.92. The monoisotopic (exact) mass is 542 g/mol. The zero-order chi connectivity index (χ0) is 22.0. The molecule has 2 aromatic carbocycles. The lowest BCUT2D eigenvalue weighted by Gasteiger charge is -2.15. The van der Waals surface area contributed by atoms with Gasteiger partial charge >= 0.3 is 5.97 Å². The lowest BCUT2D eigenvalue weighted by atomic mass is 10.1. The third-order valence-corrected chi connectivity index (χ3v) is 5.04. The fourth-order valence-electron chi connectivity index (χ4n) is 2.65. The first-order chi connectivity index (χ1) is 14.2. The normalized spacial score (nSPS) is 14.7. The first kappa shape index (κ1) is 22.0. The number of halogens is 2. The first-order valence-corrected chi connectivity index (χ1v) is 10.2. The van der Waals surface area contributed by atoms with E-state index in [1.54, 1.807) is 12.1 Å². The van der Waals surface area contributed by atoms with Gasteiger partial charge in [-0.05, 0) is 72.3 Å². The number of carbonyl (C=O) groups is 1. The van der Waals surface area contributed by atoms with Crippen LogP contribution in [0.3, 0.4) is 0 Å². The average molecular weight is 543 g/mol. The van der Waals surface area contributed by atoms with Crippen molar-refractivity contribution in [1.29, 1.82) is 0 Å². The Labute approximate surface area is 190 Å². The summed E-state index contributed by atoms with van der Waals surface area (Å²) in [5, 5.41) is 11.1. The van der Waals surface area contributed by atoms with E-state index in [9.17, 15) is 14.9 Å². The quantitative estimate of drug-likeness (QED) is 0.168. The van der Waals surface area contributed by atoms with Gasteiger partial charge in [-0.25, -0.2) is 9.79 Å². The van der Waals surface area contributed by atoms with Crippen LogP contribution in [0, 0.1) is 13.7 Å². The number of nitrogens with zero attached hydrogens (tertiary/aromatic N) is 2. The van der Waals surface area contributed by atoms with E-state index < -0.39 is 10.9 Å². The highest BCUT2D eigenvalue weighted by molar-refractivity contribution is 14.1. The van der Waals surface area contributed by atoms with Crippen LogP contribution >= 0.6 is 34.2 Å². The van der Waals surface area contributed by atoms with E-state index in [-0.39, 0.29) is 34.0 Å². The van der Waals surface area contributed by atoms with Gasteiger partial charge in [-0.1, -0.05) is 11.6 Å². The van der Waals surface area contributed by atoms with Crippen molar-refractivity contribution in [2.45, 2.75) is 20.0 Å². The van der Waals surface area contributed by atoms with E-state index in [0.29, 0.717) is 17.1 Å². The molecule has 3 rings (SSSR count). The molecule has 30 heavy (non-hydrogen) atoms. The summed E-state index contributed by atoms with van der Waals surface area (Å²) in [6.07, 6.45) is 1.51. The number of ether oxygens (including phenoxy) is 3. The molecule has 0 amide bonds. The van der Waals surface area contributed by atoms with Crippen LogP contribution in [0.1, 0.15) is 25.0 Å². The molecule has 1 aliphatic heterocycles. The maximum Gasteiger partial charge on any atom is 0.363 e. The second-order valence-electron chi connectivity index (χ2n) is 6.46. The number of esters is 1. The number of rotatable bonds is 6. The smallest absolute Gasteiger partial charge is 0.363 e. The molecule has 0 saturated heterocycles. The number of nitro groups is 1. The molecule has 2 aromatic rings. The van der Waals surface area contributed by atoms with Crippen molar-refractivity contribution in [2.24, 2.45) is 4.99 Å². The lowest BCUT2D eigenvalue weighted by Crippen LogP contribution is -2.08. The van der Waals surface area contributed by atoms with Gasteiger partial charge in [0.2, 0.25) is 5.90 Å². The Morgan fingerprint density at radius 1 is 1.30 bits per heavy atom. The minimum Gasteiger partial charge on any atom is -0.493 e. The Kier molecular flexibility index (Phi) is 6.61. The van der Waals surface area contributed by atoms with Gasteiger partial charge in [0.1, 0.15) is 5.02 Å². The molecule has 0 radical (unpaired) electrons. The Bertz CT molecular complexity index is 1100. The molecule has 0 aliphatic carbocycles. The lowest BCUT2D eigenvalue weighted by molar-refractivity contribution is -0.384. The van der Waals surface area contributed by atoms with Crippen LogP contribution in [-0.2, 0) is 9.53 Å². The van der Waals surface area contributed by atoms with E-state index in [2.05, 4.69) is 27.6 Å². The minimum atomic E-state index is -0.668. The number of hydrogen-bond donors (Lipinski definition) is 0. The van der Waals surface area contributed by atoms with Crippen LogP contribution < -0.4 is 9.47 Å². The highest BCUT2D eigenvalue weighted by atomic mass is 127. The second kappa shape index (κ2) is 9.00. The molecule has 1 aliphatic rings. The Balaban J connectivity index is 1.98. The number of aliphatic imine (C=N–C) groups is 1. The molecular weight excluding hydrogens is 527 g/mol. The van der Waals surface area contributed by atoms with Crippen molar-refractivity contribution in [3.63, 3.8) is 0 Å². The Hall–Kier alpha value is -2.66. The van der Waals surface area contributed by atoms with E-state index >= 15 is 0 Å². The maximum absolute atomic E-state index is 12.3. The SMILES string of the molecule is COc1cc(/C=C2\N=C(c3ccc(Cl)c([N+](=O)[O-])c3)OC2=O)cc(I)c1OC(C)C. The van der Waals surface area contributed by atoms with Gasteiger partial charge in [0, 0.05) is 11.6 Å². The number of cyclic esters (lactones) is 1. The minimum absolute atomic E-state index is 0.0187. The van der Waals surface area contributed by atoms with Crippen molar-refractivity contribution in [3.05, 3.63) is 65.9 Å². The molecule has 0 spiro atoms. The predicted octanol–water partition coefficient (Wildman–Crippen LogP) is 4.99. The number of carbonyl (C=O) groups excluding carboxylic acids is 1. The molecule has 0 N–H and O–H groups in total. The molecule has 10 heteroatoms. The van der Waals surface area contributed by atoms with Gasteiger partial charge in [0.05, 0.1) is 21.7 Å². The third kappa shape index (κ3) is 4.73. The topological polar surface area (TPSA) is 100 Å². The van der Waals surface area contributed by atoms with Crippen molar-refractivity contribution in [2.75, 3.05) is 7.11 Å². The van der Waals surface area contributed by atoms with E-state index in [4.69, 9.17) is 25.8 Å². The van der Waals surface area contributed by atoms with Crippen LogP contribution in [0.25, 0.3) is 6.08 Å². The summed E-state index contributed by atoms with van der Waals surface area (Å²) < 4.78 is 17.2. The second-order valence-corrected chi connectivity index (χ2v) is 8.03. The van der Waals surface area contributed by atoms with Crippen LogP contribution in [0.4, 0.5) is 5.69 Å². The summed E-state index contributed by atoms with van der Waals surface area (Å²) >= 11 is 7.95. The van der Waals surface area contributed by atoms with Gasteiger partial charge in [-0.15, -0.1) is 0 Å². The van der Waals surface area contributed by atoms with Gasteiger partial charge in [0.25, 0.3) is 5.69 Å². The molecule has 1 heterocycles. The van der Waals surface area contributed by atoms with Crippen molar-refractivity contribution in [3.8, 4) is 11.5 Å². The fourth-order valence-corrected chi connectivity index (χ4v) is 3.59. The Morgan fingerprint density at radius 3 is 2.67 bits per heavy atom. The Morgan fingerprint density at radius 2 is 2.03 bits per heavy atom. The van der Waals surface area contributed by atoms with Crippen LogP contribution in [0.15, 0.2) is 41.0 Å². The molecular formula is C20H16ClIN2O6. The highest BCUT2D eigenvalue weighted by Gasteiger charge is 2.26. The van der Waals surface area contributed by atoms with Crippen LogP contribution in [0.5, 0.6) is 11.5 Å². The van der Waals surface area contributed by atoms with Crippen LogP contribution in [-0.4, -0.2) is 30.0 Å². The molecule has 0 unspecified atom stereocenters. The molecule has 0 fully saturated rings. The summed E-state index contributed by atoms with van der Waals surface area (Å²) in [7, 11) is 1.53. The summed E-state index contributed by atoms with van der Waals surface area (Å²) in [5.41, 5.74) is 0.686. The standard InChI is InChI=1S/C20H16ClIN2O6/c1-10(2)29-18-14(22)6-11(8-17(18)28-3)7-15-20(25)30-19(23-15)12-4-5-13(21)16(9-12)24(26)27/h4-10H,1-3H3/b15-7-. The number of nitro benzene ring substituents is 1. The number of methoxy groups -OCH3 is 1. The molecule has 0 bridgehead atoms. The molecule has 0 atom stereocenters. The van der Waals surface area contributed by atoms with Gasteiger partial charge in [-0.2, -0.15) is 0 Å². The summed E-state index contributed by atoms with van der Waals surface area (Å²) in [5.74, 6) is 0.430. The zero-order valence-corrected chi connectivity index (χ0v) is 19.1. The fraction of sp³-hybridized carbons (Fsp3) is 0.200. The van der Waals surface area contributed by atoms with Crippen molar-refractivity contribution < 1.29 is 23.9 Å². The molecule has 8 nitrogen and oxygen atoms in total. The molecule has 0 saturated carbocycles. The average Bonchev–Trinajstić information content (AvgIpc) is 3.04. The summed E-state index contributed by atoms with van der Waals surface area (Å²) in [6.45, 7) is 3.83. The van der Waals surface area contributed by atoms with Gasteiger partial charge in [-0.3, -0.25) is 10.1 Å². The maximum atomic E-state index is 12.3. The largest absolute Gasteiger partial charge is 0.493 e. The predicted molar refractivity (Wildman–Crippen MR) is 120 cm³/mol. The van der Waals surface area contributed by atoms with E-state index in [0.717, 1.165) is 3.57 Å². The van der Waals surface area contributed by atoms with Crippen molar-refractivity contribution >= 4 is 57.8 Å². The molecule has 156 valence electrons. The van der Waals surface area contributed by atoms with Crippen LogP contribution in [0.2, 0.25) is 5.02 Å². The first-order valence-electron chi connectivity index (χ1n) is 8.70. The van der Waals surface area contributed by atoms with Gasteiger partial charge in [0.15, 0.2) is 17.2 Å².